The molecule has 2 aromatic rings. The van der Waals surface area contributed by atoms with Crippen molar-refractivity contribution in [3.8, 4) is 0 Å². The molecule has 0 saturated carbocycles. The Labute approximate surface area is 137 Å². The highest BCUT2D eigenvalue weighted by molar-refractivity contribution is 6.35. The molecular formula is C16H13Cl2NO3. The van der Waals surface area contributed by atoms with Gasteiger partial charge in [0.2, 0.25) is 6.54 Å². The van der Waals surface area contributed by atoms with E-state index < -0.39 is 10.8 Å². The van der Waals surface area contributed by atoms with Gasteiger partial charge in [-0.25, -0.2) is 0 Å². The Balaban J connectivity index is 2.26. The molecule has 0 amide bonds. The van der Waals surface area contributed by atoms with Gasteiger partial charge in [-0.15, -0.1) is 0 Å². The van der Waals surface area contributed by atoms with Crippen LogP contribution in [-0.4, -0.2) is 17.3 Å². The monoisotopic (exact) mass is 337 g/mol. The SMILES string of the molecule is O=C(C[C@@H](C[N+](=O)[O-])c1ccc(Cl)cc1Cl)c1ccccc1. The zero-order valence-corrected chi connectivity index (χ0v) is 13.1. The van der Waals surface area contributed by atoms with Crippen LogP contribution in [0, 0.1) is 10.1 Å². The molecule has 0 unspecified atom stereocenters. The number of carbonyl (C=O) groups is 1. The minimum Gasteiger partial charge on any atom is -0.294 e. The van der Waals surface area contributed by atoms with Gasteiger partial charge in [0.1, 0.15) is 0 Å². The van der Waals surface area contributed by atoms with E-state index in [1.165, 1.54) is 6.07 Å². The van der Waals surface area contributed by atoms with Crippen LogP contribution < -0.4 is 0 Å². The Hall–Kier alpha value is -1.91. The van der Waals surface area contributed by atoms with Crippen molar-refractivity contribution in [3.05, 3.63) is 79.8 Å². The molecule has 0 heterocycles. The summed E-state index contributed by atoms with van der Waals surface area (Å²) in [4.78, 5) is 22.8. The maximum absolute atomic E-state index is 12.3. The fourth-order valence-corrected chi connectivity index (χ4v) is 2.81. The first kappa shape index (κ1) is 16.5. The van der Waals surface area contributed by atoms with Crippen LogP contribution in [0.15, 0.2) is 48.5 Å². The molecule has 22 heavy (non-hydrogen) atoms. The smallest absolute Gasteiger partial charge is 0.211 e. The van der Waals surface area contributed by atoms with Gasteiger partial charge in [0.25, 0.3) is 0 Å². The summed E-state index contributed by atoms with van der Waals surface area (Å²) in [6.07, 6.45) is 0.0202. The molecule has 4 nitrogen and oxygen atoms in total. The fourth-order valence-electron chi connectivity index (χ4n) is 2.25. The van der Waals surface area contributed by atoms with Crippen molar-refractivity contribution in [1.29, 1.82) is 0 Å². The fraction of sp³-hybridized carbons (Fsp3) is 0.188. The Bertz CT molecular complexity index is 689. The van der Waals surface area contributed by atoms with E-state index in [1.807, 2.05) is 0 Å². The largest absolute Gasteiger partial charge is 0.294 e. The summed E-state index contributed by atoms with van der Waals surface area (Å²) in [6, 6.07) is 13.5. The van der Waals surface area contributed by atoms with Gasteiger partial charge in [-0.05, 0) is 17.7 Å². The molecule has 2 aromatic carbocycles. The molecule has 6 heteroatoms. The van der Waals surface area contributed by atoms with Crippen LogP contribution in [0.1, 0.15) is 28.3 Å². The van der Waals surface area contributed by atoms with Crippen LogP contribution in [0.3, 0.4) is 0 Å². The Morgan fingerprint density at radius 2 is 1.82 bits per heavy atom. The van der Waals surface area contributed by atoms with Gasteiger partial charge >= 0.3 is 0 Å². The van der Waals surface area contributed by atoms with Gasteiger partial charge in [-0.2, -0.15) is 0 Å². The predicted molar refractivity (Wildman–Crippen MR) is 86.5 cm³/mol. The van der Waals surface area contributed by atoms with E-state index in [-0.39, 0.29) is 18.7 Å². The summed E-state index contributed by atoms with van der Waals surface area (Å²) in [7, 11) is 0. The van der Waals surface area contributed by atoms with Crippen molar-refractivity contribution >= 4 is 29.0 Å². The summed E-state index contributed by atoms with van der Waals surface area (Å²) >= 11 is 12.0. The molecule has 2 rings (SSSR count). The number of nitrogens with zero attached hydrogens (tertiary/aromatic N) is 1. The third-order valence-electron chi connectivity index (χ3n) is 3.30. The number of hydrogen-bond acceptors (Lipinski definition) is 3. The molecule has 1 atom stereocenters. The standard InChI is InChI=1S/C16H13Cl2NO3/c17-13-6-7-14(15(18)9-13)12(10-19(21)22)8-16(20)11-4-2-1-3-5-11/h1-7,9,12H,8,10H2/t12-/m0/s1. The van der Waals surface area contributed by atoms with Crippen molar-refractivity contribution in [1.82, 2.24) is 0 Å². The first-order chi connectivity index (χ1) is 10.5. The molecule has 0 spiro atoms. The Morgan fingerprint density at radius 3 is 2.41 bits per heavy atom. The van der Waals surface area contributed by atoms with Crippen molar-refractivity contribution in [2.24, 2.45) is 0 Å². The number of rotatable bonds is 6. The quantitative estimate of drug-likeness (QED) is 0.438. The number of hydrogen-bond donors (Lipinski definition) is 0. The minimum absolute atomic E-state index is 0.0202. The molecule has 114 valence electrons. The maximum Gasteiger partial charge on any atom is 0.211 e. The lowest BCUT2D eigenvalue weighted by molar-refractivity contribution is -0.483. The second-order valence-corrected chi connectivity index (χ2v) is 5.72. The second-order valence-electron chi connectivity index (χ2n) is 4.87. The normalized spacial score (nSPS) is 11.9. The van der Waals surface area contributed by atoms with Crippen molar-refractivity contribution in [2.45, 2.75) is 12.3 Å². The van der Waals surface area contributed by atoms with Crippen LogP contribution in [0.5, 0.6) is 0 Å². The summed E-state index contributed by atoms with van der Waals surface area (Å²) in [6.45, 7) is -0.361. The summed E-state index contributed by atoms with van der Waals surface area (Å²) in [5, 5.41) is 11.7. The number of nitro groups is 1. The average Bonchev–Trinajstić information content (AvgIpc) is 2.47. The van der Waals surface area contributed by atoms with Crippen molar-refractivity contribution in [3.63, 3.8) is 0 Å². The van der Waals surface area contributed by atoms with E-state index >= 15 is 0 Å². The second kappa shape index (κ2) is 7.38. The highest BCUT2D eigenvalue weighted by atomic mass is 35.5. The van der Waals surface area contributed by atoms with Gasteiger partial charge in [0, 0.05) is 27.0 Å². The molecule has 0 aliphatic heterocycles. The number of benzene rings is 2. The predicted octanol–water partition coefficient (Wildman–Crippen LogP) is 4.63. The lowest BCUT2D eigenvalue weighted by Gasteiger charge is -2.14. The third-order valence-corrected chi connectivity index (χ3v) is 3.86. The van der Waals surface area contributed by atoms with Crippen molar-refractivity contribution in [2.75, 3.05) is 6.54 Å². The highest BCUT2D eigenvalue weighted by Crippen LogP contribution is 2.30. The topological polar surface area (TPSA) is 60.2 Å². The first-order valence-electron chi connectivity index (χ1n) is 6.62. The number of Topliss-reactive ketones (excluding diaryl/α,β-unsaturated/α-hetero) is 1. The molecule has 0 aliphatic carbocycles. The molecule has 0 bridgehead atoms. The van der Waals surface area contributed by atoms with E-state index in [1.54, 1.807) is 42.5 Å². The Kier molecular flexibility index (Phi) is 5.52. The Morgan fingerprint density at radius 1 is 1.14 bits per heavy atom. The summed E-state index contributed by atoms with van der Waals surface area (Å²) in [5.74, 6) is -0.745. The zero-order valence-electron chi connectivity index (χ0n) is 11.5. The van der Waals surface area contributed by atoms with E-state index in [0.29, 0.717) is 21.2 Å². The average molecular weight is 338 g/mol. The molecule has 0 saturated heterocycles. The van der Waals surface area contributed by atoms with Gasteiger partial charge in [-0.1, -0.05) is 59.6 Å². The van der Waals surface area contributed by atoms with E-state index in [0.717, 1.165) is 0 Å². The lowest BCUT2D eigenvalue weighted by atomic mass is 9.91. The molecule has 0 aromatic heterocycles. The minimum atomic E-state index is -0.590. The van der Waals surface area contributed by atoms with Gasteiger partial charge in [0.15, 0.2) is 5.78 Å². The molecular weight excluding hydrogens is 325 g/mol. The van der Waals surface area contributed by atoms with Gasteiger partial charge in [-0.3, -0.25) is 14.9 Å². The molecule has 0 N–H and O–H groups in total. The highest BCUT2D eigenvalue weighted by Gasteiger charge is 2.24. The van der Waals surface area contributed by atoms with Crippen LogP contribution >= 0.6 is 23.2 Å². The van der Waals surface area contributed by atoms with Crippen LogP contribution in [0.2, 0.25) is 10.0 Å². The number of carbonyl (C=O) groups excluding carboxylic acids is 1. The molecule has 0 fully saturated rings. The number of ketones is 1. The molecule has 0 radical (unpaired) electrons. The van der Waals surface area contributed by atoms with Gasteiger partial charge < -0.3 is 0 Å². The summed E-state index contributed by atoms with van der Waals surface area (Å²) in [5.41, 5.74) is 1.09. The third kappa shape index (κ3) is 4.29. The zero-order chi connectivity index (χ0) is 16.1. The van der Waals surface area contributed by atoms with Crippen LogP contribution in [0.4, 0.5) is 0 Å². The molecule has 0 aliphatic rings. The van der Waals surface area contributed by atoms with E-state index in [4.69, 9.17) is 23.2 Å². The van der Waals surface area contributed by atoms with E-state index in [9.17, 15) is 14.9 Å². The van der Waals surface area contributed by atoms with E-state index in [2.05, 4.69) is 0 Å². The first-order valence-corrected chi connectivity index (χ1v) is 7.38. The van der Waals surface area contributed by atoms with Crippen molar-refractivity contribution < 1.29 is 9.72 Å². The summed E-state index contributed by atoms with van der Waals surface area (Å²) < 4.78 is 0. The maximum atomic E-state index is 12.3. The lowest BCUT2D eigenvalue weighted by Crippen LogP contribution is -2.17. The van der Waals surface area contributed by atoms with Gasteiger partial charge in [0.05, 0.1) is 5.92 Å². The van der Waals surface area contributed by atoms with Crippen LogP contribution in [0.25, 0.3) is 0 Å². The number of halogens is 2. The van der Waals surface area contributed by atoms with Crippen LogP contribution in [-0.2, 0) is 0 Å².